The number of hydrogen-bond donors (Lipinski definition) is 3. The Kier molecular flexibility index (Phi) is 9.84. The van der Waals surface area contributed by atoms with Crippen LogP contribution in [0.2, 0.25) is 0 Å². The van der Waals surface area contributed by atoms with Crippen molar-refractivity contribution in [3.8, 4) is 11.5 Å². The van der Waals surface area contributed by atoms with Gasteiger partial charge in [0.25, 0.3) is 15.9 Å². The van der Waals surface area contributed by atoms with Crippen molar-refractivity contribution in [1.29, 1.82) is 0 Å². The van der Waals surface area contributed by atoms with E-state index < -0.39 is 31.4 Å². The number of nitrogens with one attached hydrogen (secondary N) is 3. The maximum atomic E-state index is 13.8. The third-order valence-electron chi connectivity index (χ3n) is 13.2. The van der Waals surface area contributed by atoms with E-state index in [1.54, 1.807) is 24.4 Å². The van der Waals surface area contributed by atoms with Gasteiger partial charge in [0.2, 0.25) is 5.82 Å². The summed E-state index contributed by atoms with van der Waals surface area (Å²) < 4.78 is 41.7. The fraction of sp³-hybridized carbons (Fsp3) is 0.537. The molecule has 5 fully saturated rings. The minimum atomic E-state index is -4.58. The van der Waals surface area contributed by atoms with Crippen molar-refractivity contribution in [2.45, 2.75) is 87.7 Å². The number of ether oxygens (including phenoxy) is 2. The highest BCUT2D eigenvalue weighted by atomic mass is 32.2. The summed E-state index contributed by atoms with van der Waals surface area (Å²) in [7, 11) is -4.58. The highest BCUT2D eigenvalue weighted by Crippen LogP contribution is 2.53. The van der Waals surface area contributed by atoms with E-state index in [0.29, 0.717) is 41.2 Å². The average molecular weight is 799 g/mol. The first-order chi connectivity index (χ1) is 27.5. The number of nitro groups is 1. The van der Waals surface area contributed by atoms with E-state index >= 15 is 0 Å². The molecule has 16 heteroatoms. The summed E-state index contributed by atoms with van der Waals surface area (Å²) in [6, 6.07) is 10.4. The number of rotatable bonds is 11. The van der Waals surface area contributed by atoms with Crippen molar-refractivity contribution >= 4 is 44.2 Å². The van der Waals surface area contributed by atoms with Gasteiger partial charge in [0, 0.05) is 68.2 Å². The molecule has 0 radical (unpaired) electrons. The highest BCUT2D eigenvalue weighted by molar-refractivity contribution is 7.90. The number of morpholine rings is 1. The Morgan fingerprint density at radius 2 is 1.82 bits per heavy atom. The van der Waals surface area contributed by atoms with Crippen LogP contribution in [0, 0.1) is 27.4 Å². The molecular weight excluding hydrogens is 749 g/mol. The first-order valence-corrected chi connectivity index (χ1v) is 21.8. The summed E-state index contributed by atoms with van der Waals surface area (Å²) >= 11 is 0. The van der Waals surface area contributed by atoms with Crippen LogP contribution in [0.4, 0.5) is 17.2 Å². The summed E-state index contributed by atoms with van der Waals surface area (Å²) in [5, 5.41) is 15.9. The summed E-state index contributed by atoms with van der Waals surface area (Å²) in [4.78, 5) is 41.3. The number of fused-ring (bicyclic) bond motifs is 1. The number of carbonyl (C=O) groups is 1. The number of hydrogen-bond acceptors (Lipinski definition) is 12. The first kappa shape index (κ1) is 37.8. The molecule has 0 unspecified atom stereocenters. The Hall–Kier alpha value is -4.80. The molecule has 2 spiro atoms. The zero-order valence-corrected chi connectivity index (χ0v) is 33.1. The van der Waals surface area contributed by atoms with E-state index in [2.05, 4.69) is 41.7 Å². The maximum Gasteiger partial charge on any atom is 0.312 e. The molecule has 3 N–H and O–H groups in total. The van der Waals surface area contributed by atoms with Crippen molar-refractivity contribution < 1.29 is 27.6 Å². The zero-order chi connectivity index (χ0) is 39.4. The Morgan fingerprint density at radius 1 is 1.04 bits per heavy atom. The Labute approximate surface area is 332 Å². The highest BCUT2D eigenvalue weighted by Gasteiger charge is 2.53. The van der Waals surface area contributed by atoms with E-state index in [9.17, 15) is 23.3 Å². The van der Waals surface area contributed by atoms with Crippen molar-refractivity contribution in [3.05, 3.63) is 70.7 Å². The van der Waals surface area contributed by atoms with Gasteiger partial charge in [-0.05, 0) is 92.9 Å². The van der Waals surface area contributed by atoms with Crippen LogP contribution < -0.4 is 19.7 Å². The summed E-state index contributed by atoms with van der Waals surface area (Å²) in [6.07, 6.45) is 15.5. The van der Waals surface area contributed by atoms with Crippen molar-refractivity contribution in [3.63, 3.8) is 0 Å². The van der Waals surface area contributed by atoms with Crippen LogP contribution in [0.15, 0.2) is 59.9 Å². The number of piperidine rings is 1. The number of nitrogens with zero attached hydrogens (tertiary/aromatic N) is 5. The summed E-state index contributed by atoms with van der Waals surface area (Å²) in [5.74, 6) is 0.592. The van der Waals surface area contributed by atoms with Crippen molar-refractivity contribution in [2.75, 3.05) is 49.5 Å². The third kappa shape index (κ3) is 7.91. The predicted molar refractivity (Wildman–Crippen MR) is 214 cm³/mol. The molecule has 3 aliphatic carbocycles. The Morgan fingerprint density at radius 3 is 2.58 bits per heavy atom. The molecule has 302 valence electrons. The number of sulfonamides is 1. The van der Waals surface area contributed by atoms with Crippen molar-refractivity contribution in [1.82, 2.24) is 24.6 Å². The van der Waals surface area contributed by atoms with Crippen LogP contribution in [-0.4, -0.2) is 90.1 Å². The van der Waals surface area contributed by atoms with Gasteiger partial charge in [-0.1, -0.05) is 19.8 Å². The van der Waals surface area contributed by atoms with Crippen LogP contribution in [0.1, 0.15) is 81.5 Å². The lowest BCUT2D eigenvalue weighted by atomic mass is 9.60. The van der Waals surface area contributed by atoms with Gasteiger partial charge >= 0.3 is 5.69 Å². The number of amides is 1. The molecule has 0 atom stereocenters. The van der Waals surface area contributed by atoms with E-state index in [4.69, 9.17) is 9.47 Å². The molecular formula is C41H50N8O7S. The lowest BCUT2D eigenvalue weighted by molar-refractivity contribution is -0.384. The Balaban J connectivity index is 0.907. The number of anilines is 2. The standard InChI is InChI=1S/C41H50N8O7S/c1-27-2-4-28(5-3-27)23-43-38-35(49(51)52)20-33(25-45-38)57(53,54)46-39(50)34-7-6-30(19-36(34)56-32-18-29-8-13-42-37(29)44-24-32)47-14-11-40(12-15-47)21-31(22-40)48-16-17-55-41(26-48)9-10-41/h6-8,13,18-20,24-25,27-28,31H,2-5,9-12,14-17,21-23,26H2,1H3,(H,42,44)(H,43,45)(H,46,50)/t27-,28+. The van der Waals surface area contributed by atoms with Crippen LogP contribution in [0.25, 0.3) is 11.0 Å². The molecule has 5 aliphatic rings. The summed E-state index contributed by atoms with van der Waals surface area (Å²) in [6.45, 7) is 7.35. The minimum Gasteiger partial charge on any atom is -0.455 e. The fourth-order valence-electron chi connectivity index (χ4n) is 9.42. The van der Waals surface area contributed by atoms with Crippen LogP contribution in [0.5, 0.6) is 11.5 Å². The second-order valence-corrected chi connectivity index (χ2v) is 18.8. The molecule has 0 bridgehead atoms. The molecule has 3 aromatic heterocycles. The third-order valence-corrected chi connectivity index (χ3v) is 14.5. The molecule has 1 amide bonds. The molecule has 2 saturated heterocycles. The molecule has 4 aromatic rings. The molecule has 1 aromatic carbocycles. The second-order valence-electron chi connectivity index (χ2n) is 17.2. The quantitative estimate of drug-likeness (QED) is 0.109. The second kappa shape index (κ2) is 14.9. The van der Waals surface area contributed by atoms with E-state index in [1.807, 2.05) is 12.1 Å². The monoisotopic (exact) mass is 798 g/mol. The van der Waals surface area contributed by atoms with Crippen molar-refractivity contribution in [2.24, 2.45) is 17.3 Å². The van der Waals surface area contributed by atoms with Gasteiger partial charge in [-0.3, -0.25) is 19.8 Å². The van der Waals surface area contributed by atoms with Gasteiger partial charge in [-0.25, -0.2) is 23.1 Å². The van der Waals surface area contributed by atoms with Gasteiger partial charge in [0.05, 0.1) is 35.1 Å². The average Bonchev–Trinajstić information content (AvgIpc) is 3.76. The summed E-state index contributed by atoms with van der Waals surface area (Å²) in [5.41, 5.74) is 1.51. The number of carbonyl (C=O) groups excluding carboxylic acids is 1. The van der Waals surface area contributed by atoms with E-state index in [0.717, 1.165) is 94.6 Å². The predicted octanol–water partition coefficient (Wildman–Crippen LogP) is 6.63. The lowest BCUT2D eigenvalue weighted by Gasteiger charge is -2.56. The van der Waals surface area contributed by atoms with Crippen LogP contribution in [0.3, 0.4) is 0 Å². The minimum absolute atomic E-state index is 0.00692. The molecule has 3 saturated carbocycles. The van der Waals surface area contributed by atoms with Crippen LogP contribution >= 0.6 is 0 Å². The number of aromatic amines is 1. The Bertz CT molecular complexity index is 2270. The first-order valence-electron chi connectivity index (χ1n) is 20.3. The number of H-pyrrole nitrogens is 1. The van der Waals surface area contributed by atoms with Crippen LogP contribution in [-0.2, 0) is 14.8 Å². The maximum absolute atomic E-state index is 13.8. The molecule has 9 rings (SSSR count). The molecule has 2 aliphatic heterocycles. The largest absolute Gasteiger partial charge is 0.455 e. The fourth-order valence-corrected chi connectivity index (χ4v) is 10.4. The SMILES string of the molecule is C[C@H]1CC[C@@H](CNc2ncc(S(=O)(=O)NC(=O)c3ccc(N4CCC5(CC4)CC(N4CCOC6(CC6)C4)C5)cc3Oc3cnc4[nH]ccc4c3)cc2[N+](=O)[O-])CC1. The van der Waals surface area contributed by atoms with E-state index in [1.165, 1.54) is 31.9 Å². The normalized spacial score (nSPS) is 23.3. The topological polar surface area (TPSA) is 185 Å². The molecule has 5 heterocycles. The van der Waals surface area contributed by atoms with E-state index in [-0.39, 0.29) is 22.7 Å². The van der Waals surface area contributed by atoms with Gasteiger partial charge < -0.3 is 24.7 Å². The van der Waals surface area contributed by atoms with Gasteiger partial charge in [0.15, 0.2) is 0 Å². The molecule has 57 heavy (non-hydrogen) atoms. The number of aromatic nitrogens is 3. The number of benzene rings is 1. The smallest absolute Gasteiger partial charge is 0.312 e. The van der Waals surface area contributed by atoms with Gasteiger partial charge in [0.1, 0.15) is 22.0 Å². The lowest BCUT2D eigenvalue weighted by Crippen LogP contribution is -2.58. The van der Waals surface area contributed by atoms with Gasteiger partial charge in [-0.15, -0.1) is 0 Å². The van der Waals surface area contributed by atoms with Gasteiger partial charge in [-0.2, -0.15) is 0 Å². The molecule has 15 nitrogen and oxygen atoms in total. The zero-order valence-electron chi connectivity index (χ0n) is 32.2. The number of pyridine rings is 2.